The summed E-state index contributed by atoms with van der Waals surface area (Å²) in [7, 11) is 1.43. The monoisotopic (exact) mass is 375 g/mol. The second-order valence-electron chi connectivity index (χ2n) is 7.00. The smallest absolute Gasteiger partial charge is 0.313 e. The number of carbonyl (C=O) groups excluding carboxylic acids is 1. The molecule has 1 fully saturated rings. The molecule has 2 aromatic rings. The van der Waals surface area contributed by atoms with Gasteiger partial charge in [-0.25, -0.2) is 9.07 Å². The first-order valence-corrected chi connectivity index (χ1v) is 8.62. The lowest BCUT2D eigenvalue weighted by Crippen LogP contribution is -2.40. The molecular formula is C19H22FN3O4. The first-order chi connectivity index (χ1) is 12.8. The van der Waals surface area contributed by atoms with E-state index in [1.165, 1.54) is 34.9 Å². The Bertz CT molecular complexity index is 895. The lowest BCUT2D eigenvalue weighted by Gasteiger charge is -2.24. The van der Waals surface area contributed by atoms with Gasteiger partial charge in [0.25, 0.3) is 5.91 Å². The van der Waals surface area contributed by atoms with Gasteiger partial charge in [-0.15, -0.1) is 0 Å². The predicted molar refractivity (Wildman–Crippen MR) is 95.5 cm³/mol. The van der Waals surface area contributed by atoms with Crippen molar-refractivity contribution < 1.29 is 23.8 Å². The molecule has 0 aliphatic carbocycles. The Balaban J connectivity index is 1.83. The van der Waals surface area contributed by atoms with Crippen molar-refractivity contribution in [3.05, 3.63) is 47.0 Å². The van der Waals surface area contributed by atoms with Crippen LogP contribution >= 0.6 is 0 Å². The number of amides is 1. The number of hydrogen-bond donors (Lipinski definition) is 1. The maximum Gasteiger partial charge on any atom is 0.313 e. The van der Waals surface area contributed by atoms with Gasteiger partial charge >= 0.3 is 5.97 Å². The van der Waals surface area contributed by atoms with E-state index in [0.717, 1.165) is 11.4 Å². The third-order valence-electron chi connectivity index (χ3n) is 4.95. The number of ether oxygens (including phenoxy) is 1. The maximum atomic E-state index is 14.6. The number of aryl methyl sites for hydroxylation is 2. The fourth-order valence-electron chi connectivity index (χ4n) is 3.54. The Morgan fingerprint density at radius 3 is 2.63 bits per heavy atom. The number of rotatable bonds is 5. The molecule has 0 radical (unpaired) electrons. The van der Waals surface area contributed by atoms with E-state index in [2.05, 4.69) is 5.10 Å². The zero-order chi connectivity index (χ0) is 19.8. The van der Waals surface area contributed by atoms with Crippen LogP contribution in [-0.2, 0) is 9.53 Å². The normalized spacial score (nSPS) is 19.5. The van der Waals surface area contributed by atoms with Crippen molar-refractivity contribution in [1.29, 1.82) is 0 Å². The molecule has 144 valence electrons. The summed E-state index contributed by atoms with van der Waals surface area (Å²) >= 11 is 0. The first-order valence-electron chi connectivity index (χ1n) is 8.62. The molecule has 27 heavy (non-hydrogen) atoms. The van der Waals surface area contributed by atoms with Crippen LogP contribution in [0.4, 0.5) is 4.39 Å². The second kappa shape index (κ2) is 7.11. The number of halogens is 1. The Kier molecular flexibility index (Phi) is 5.01. The second-order valence-corrected chi connectivity index (χ2v) is 7.00. The molecule has 1 aromatic heterocycles. The van der Waals surface area contributed by atoms with Gasteiger partial charge in [-0.1, -0.05) is 0 Å². The van der Waals surface area contributed by atoms with Crippen molar-refractivity contribution in [2.75, 3.05) is 26.8 Å². The van der Waals surface area contributed by atoms with Crippen LogP contribution in [0.15, 0.2) is 24.3 Å². The number of carbonyl (C=O) groups is 2. The van der Waals surface area contributed by atoms with Gasteiger partial charge in [-0.3, -0.25) is 9.59 Å². The van der Waals surface area contributed by atoms with Gasteiger partial charge in [0.15, 0.2) is 0 Å². The summed E-state index contributed by atoms with van der Waals surface area (Å²) in [5.74, 6) is -1.95. The summed E-state index contributed by atoms with van der Waals surface area (Å²) in [4.78, 5) is 25.8. The van der Waals surface area contributed by atoms with E-state index in [-0.39, 0.29) is 30.9 Å². The van der Waals surface area contributed by atoms with E-state index in [9.17, 15) is 19.1 Å². The van der Waals surface area contributed by atoms with Gasteiger partial charge in [0.2, 0.25) is 0 Å². The molecule has 1 N–H and O–H groups in total. The number of nitrogens with zero attached hydrogens (tertiary/aromatic N) is 3. The molecular weight excluding hydrogens is 353 g/mol. The third-order valence-corrected chi connectivity index (χ3v) is 4.95. The highest BCUT2D eigenvalue weighted by atomic mass is 19.1. The number of methoxy groups -OCH3 is 1. The van der Waals surface area contributed by atoms with Crippen molar-refractivity contribution in [2.24, 2.45) is 5.41 Å². The SMILES string of the molecule is COCC1(C(=O)O)CCN(C(=O)c2ccc(-n3nc(C)cc3C)c(F)c2)C1. The molecule has 1 aliphatic heterocycles. The summed E-state index contributed by atoms with van der Waals surface area (Å²) in [6.45, 7) is 3.99. The van der Waals surface area contributed by atoms with Crippen LogP contribution in [0.1, 0.15) is 28.2 Å². The average molecular weight is 375 g/mol. The molecule has 8 heteroatoms. The molecule has 1 amide bonds. The molecule has 2 heterocycles. The lowest BCUT2D eigenvalue weighted by molar-refractivity contribution is -0.151. The highest BCUT2D eigenvalue weighted by Crippen LogP contribution is 2.32. The number of carboxylic acids is 1. The molecule has 0 bridgehead atoms. The summed E-state index contributed by atoms with van der Waals surface area (Å²) in [5.41, 5.74) is 0.879. The molecule has 1 atom stereocenters. The van der Waals surface area contributed by atoms with Crippen molar-refractivity contribution in [1.82, 2.24) is 14.7 Å². The van der Waals surface area contributed by atoms with Gasteiger partial charge in [0, 0.05) is 31.5 Å². The molecule has 1 saturated heterocycles. The number of carboxylic acid groups (broad SMARTS) is 1. The van der Waals surface area contributed by atoms with E-state index in [1.807, 2.05) is 19.9 Å². The van der Waals surface area contributed by atoms with Crippen LogP contribution < -0.4 is 0 Å². The highest BCUT2D eigenvalue weighted by molar-refractivity contribution is 5.95. The fourth-order valence-corrected chi connectivity index (χ4v) is 3.54. The van der Waals surface area contributed by atoms with Crippen molar-refractivity contribution in [3.63, 3.8) is 0 Å². The van der Waals surface area contributed by atoms with E-state index in [1.54, 1.807) is 0 Å². The Labute approximate surface area is 156 Å². The molecule has 1 aromatic carbocycles. The van der Waals surface area contributed by atoms with Crippen LogP contribution in [0, 0.1) is 25.1 Å². The summed E-state index contributed by atoms with van der Waals surface area (Å²) in [6, 6.07) is 6.06. The van der Waals surface area contributed by atoms with E-state index < -0.39 is 23.1 Å². The number of aliphatic carboxylic acids is 1. The van der Waals surface area contributed by atoms with Crippen LogP contribution in [-0.4, -0.2) is 58.5 Å². The standard InChI is InChI=1S/C19H22FN3O4/c1-12-8-13(2)23(21-12)16-5-4-14(9-15(16)20)17(24)22-7-6-19(10-22,11-27-3)18(25)26/h4-5,8-9H,6-7,10-11H2,1-3H3,(H,25,26). The number of likely N-dealkylation sites (tertiary alicyclic amines) is 1. The van der Waals surface area contributed by atoms with Crippen LogP contribution in [0.25, 0.3) is 5.69 Å². The van der Waals surface area contributed by atoms with Crippen molar-refractivity contribution >= 4 is 11.9 Å². The van der Waals surface area contributed by atoms with Gasteiger partial charge < -0.3 is 14.7 Å². The Morgan fingerprint density at radius 2 is 2.07 bits per heavy atom. The molecule has 0 saturated carbocycles. The minimum atomic E-state index is -1.12. The zero-order valence-electron chi connectivity index (χ0n) is 15.5. The molecule has 1 aliphatic rings. The summed E-state index contributed by atoms with van der Waals surface area (Å²) in [6.07, 6.45) is 0.300. The largest absolute Gasteiger partial charge is 0.481 e. The Hall–Kier alpha value is -2.74. The quantitative estimate of drug-likeness (QED) is 0.866. The van der Waals surface area contributed by atoms with Gasteiger partial charge in [-0.2, -0.15) is 5.10 Å². The Morgan fingerprint density at radius 1 is 1.33 bits per heavy atom. The number of hydrogen-bond acceptors (Lipinski definition) is 4. The topological polar surface area (TPSA) is 84.7 Å². The third kappa shape index (κ3) is 3.44. The number of benzene rings is 1. The minimum Gasteiger partial charge on any atom is -0.481 e. The molecule has 7 nitrogen and oxygen atoms in total. The van der Waals surface area contributed by atoms with Gasteiger partial charge in [0.1, 0.15) is 16.9 Å². The predicted octanol–water partition coefficient (Wildman–Crippen LogP) is 2.19. The highest BCUT2D eigenvalue weighted by Gasteiger charge is 2.46. The van der Waals surface area contributed by atoms with E-state index in [4.69, 9.17) is 4.74 Å². The summed E-state index contributed by atoms with van der Waals surface area (Å²) in [5, 5.41) is 13.8. The van der Waals surface area contributed by atoms with Gasteiger partial charge in [-0.05, 0) is 44.5 Å². The van der Waals surface area contributed by atoms with Gasteiger partial charge in [0.05, 0.1) is 12.3 Å². The van der Waals surface area contributed by atoms with Crippen molar-refractivity contribution in [3.8, 4) is 5.69 Å². The van der Waals surface area contributed by atoms with E-state index >= 15 is 0 Å². The number of aromatic nitrogens is 2. The molecule has 1 unspecified atom stereocenters. The fraction of sp³-hybridized carbons (Fsp3) is 0.421. The van der Waals surface area contributed by atoms with E-state index in [0.29, 0.717) is 6.42 Å². The minimum absolute atomic E-state index is 0.0251. The molecule has 3 rings (SSSR count). The maximum absolute atomic E-state index is 14.6. The van der Waals surface area contributed by atoms with Crippen molar-refractivity contribution in [2.45, 2.75) is 20.3 Å². The first kappa shape index (κ1) is 19.0. The summed E-state index contributed by atoms with van der Waals surface area (Å²) < 4.78 is 21.1. The lowest BCUT2D eigenvalue weighted by atomic mass is 9.88. The average Bonchev–Trinajstić information content (AvgIpc) is 3.19. The van der Waals surface area contributed by atoms with Crippen LogP contribution in [0.3, 0.4) is 0 Å². The zero-order valence-corrected chi connectivity index (χ0v) is 15.5. The van der Waals surface area contributed by atoms with Crippen LogP contribution in [0.2, 0.25) is 0 Å². The van der Waals surface area contributed by atoms with Crippen LogP contribution in [0.5, 0.6) is 0 Å². The molecule has 0 spiro atoms.